The molecule has 214 valence electrons. The molecule has 8 rings (SSSR count). The van der Waals surface area contributed by atoms with Crippen LogP contribution in [-0.4, -0.2) is 15.0 Å². The predicted octanol–water partition coefficient (Wildman–Crippen LogP) is 10.5. The maximum absolute atomic E-state index is 4.91. The van der Waals surface area contributed by atoms with Crippen LogP contribution in [0.1, 0.15) is 25.0 Å². The fourth-order valence-corrected chi connectivity index (χ4v) is 6.58. The molecule has 3 aromatic heterocycles. The van der Waals surface area contributed by atoms with Crippen LogP contribution in [0.3, 0.4) is 0 Å². The van der Waals surface area contributed by atoms with Crippen molar-refractivity contribution >= 4 is 0 Å². The molecule has 45 heavy (non-hydrogen) atoms. The summed E-state index contributed by atoms with van der Waals surface area (Å²) in [6.45, 7) is 4.66. The second kappa shape index (κ2) is 10.8. The Balaban J connectivity index is 1.09. The average Bonchev–Trinajstić information content (AvgIpc) is 3.34. The van der Waals surface area contributed by atoms with E-state index < -0.39 is 0 Å². The van der Waals surface area contributed by atoms with Crippen LogP contribution in [0.25, 0.3) is 67.3 Å². The highest BCUT2D eigenvalue weighted by molar-refractivity contribution is 5.84. The van der Waals surface area contributed by atoms with Gasteiger partial charge in [-0.2, -0.15) is 0 Å². The number of hydrogen-bond acceptors (Lipinski definition) is 3. The highest BCUT2D eigenvalue weighted by Gasteiger charge is 2.35. The third-order valence-electron chi connectivity index (χ3n) is 9.03. The standard InChI is InChI=1S/C42H31N3/c1-42(2)36-10-4-3-9-34(36)35-22-21-32(25-37(35)42)30-17-13-28(14-18-30)29-15-19-31(20-16-29)33-26-40(38-11-5-7-23-43-38)45-41(27-33)39-12-6-8-24-44-39/h3-27H,1-2H3. The first-order valence-electron chi connectivity index (χ1n) is 15.4. The summed E-state index contributed by atoms with van der Waals surface area (Å²) in [7, 11) is 0. The normalized spacial score (nSPS) is 12.8. The van der Waals surface area contributed by atoms with E-state index in [1.807, 2.05) is 36.4 Å². The zero-order valence-electron chi connectivity index (χ0n) is 25.3. The summed E-state index contributed by atoms with van der Waals surface area (Å²) < 4.78 is 0. The predicted molar refractivity (Wildman–Crippen MR) is 185 cm³/mol. The van der Waals surface area contributed by atoms with E-state index in [-0.39, 0.29) is 5.41 Å². The van der Waals surface area contributed by atoms with Gasteiger partial charge in [-0.3, -0.25) is 9.97 Å². The van der Waals surface area contributed by atoms with Crippen LogP contribution in [0.5, 0.6) is 0 Å². The minimum Gasteiger partial charge on any atom is -0.255 e. The van der Waals surface area contributed by atoms with Gasteiger partial charge in [0.05, 0.1) is 22.8 Å². The number of pyridine rings is 3. The fraction of sp³-hybridized carbons (Fsp3) is 0.0714. The summed E-state index contributed by atoms with van der Waals surface area (Å²) in [5.74, 6) is 0. The molecule has 0 amide bonds. The first-order chi connectivity index (χ1) is 22.0. The van der Waals surface area contributed by atoms with Crippen LogP contribution in [0.4, 0.5) is 0 Å². The summed E-state index contributed by atoms with van der Waals surface area (Å²) in [6.07, 6.45) is 3.60. The largest absolute Gasteiger partial charge is 0.255 e. The minimum atomic E-state index is -0.00478. The number of hydrogen-bond donors (Lipinski definition) is 0. The topological polar surface area (TPSA) is 38.7 Å². The van der Waals surface area contributed by atoms with Crippen molar-refractivity contribution in [2.75, 3.05) is 0 Å². The van der Waals surface area contributed by atoms with E-state index in [1.54, 1.807) is 12.4 Å². The quantitative estimate of drug-likeness (QED) is 0.204. The van der Waals surface area contributed by atoms with Crippen LogP contribution < -0.4 is 0 Å². The van der Waals surface area contributed by atoms with Gasteiger partial charge in [0.25, 0.3) is 0 Å². The molecule has 0 radical (unpaired) electrons. The Bertz CT molecular complexity index is 2090. The Morgan fingerprint density at radius 3 is 1.40 bits per heavy atom. The maximum atomic E-state index is 4.91. The van der Waals surface area contributed by atoms with E-state index in [0.29, 0.717) is 0 Å². The number of rotatable bonds is 5. The Labute approximate surface area is 264 Å². The first kappa shape index (κ1) is 26.9. The van der Waals surface area contributed by atoms with E-state index in [2.05, 4.69) is 127 Å². The van der Waals surface area contributed by atoms with Crippen molar-refractivity contribution in [3.8, 4) is 67.3 Å². The van der Waals surface area contributed by atoms with Crippen LogP contribution in [0.2, 0.25) is 0 Å². The third-order valence-corrected chi connectivity index (χ3v) is 9.03. The van der Waals surface area contributed by atoms with E-state index >= 15 is 0 Å². The van der Waals surface area contributed by atoms with Gasteiger partial charge in [0.15, 0.2) is 0 Å². The zero-order chi connectivity index (χ0) is 30.4. The van der Waals surface area contributed by atoms with E-state index in [9.17, 15) is 0 Å². The molecule has 0 N–H and O–H groups in total. The highest BCUT2D eigenvalue weighted by atomic mass is 14.8. The van der Waals surface area contributed by atoms with Gasteiger partial charge in [0.2, 0.25) is 0 Å². The molecule has 7 aromatic rings. The molecule has 1 aliphatic rings. The molecule has 0 aliphatic heterocycles. The average molecular weight is 578 g/mol. The van der Waals surface area contributed by atoms with Crippen molar-refractivity contribution in [1.29, 1.82) is 0 Å². The molecule has 0 saturated carbocycles. The molecule has 0 spiro atoms. The van der Waals surface area contributed by atoms with Gasteiger partial charge in [0, 0.05) is 17.8 Å². The monoisotopic (exact) mass is 577 g/mol. The van der Waals surface area contributed by atoms with Gasteiger partial charge in [-0.1, -0.05) is 111 Å². The molecule has 0 fully saturated rings. The van der Waals surface area contributed by atoms with Crippen molar-refractivity contribution in [1.82, 2.24) is 15.0 Å². The number of fused-ring (bicyclic) bond motifs is 3. The van der Waals surface area contributed by atoms with E-state index in [4.69, 9.17) is 4.98 Å². The van der Waals surface area contributed by atoms with Crippen molar-refractivity contribution < 1.29 is 0 Å². The summed E-state index contributed by atoms with van der Waals surface area (Å²) in [5, 5.41) is 0. The smallest absolute Gasteiger partial charge is 0.0900 e. The maximum Gasteiger partial charge on any atom is 0.0900 e. The molecule has 1 aliphatic carbocycles. The van der Waals surface area contributed by atoms with Gasteiger partial charge >= 0.3 is 0 Å². The Hall–Kier alpha value is -5.67. The molecule has 0 saturated heterocycles. The number of nitrogens with zero attached hydrogens (tertiary/aromatic N) is 3. The summed E-state index contributed by atoms with van der Waals surface area (Å²) in [4.78, 5) is 14.0. The van der Waals surface area contributed by atoms with Crippen molar-refractivity contribution in [2.24, 2.45) is 0 Å². The highest BCUT2D eigenvalue weighted by Crippen LogP contribution is 2.49. The minimum absolute atomic E-state index is 0.00478. The molecule has 0 unspecified atom stereocenters. The SMILES string of the molecule is CC1(C)c2ccccc2-c2ccc(-c3ccc(-c4ccc(-c5cc(-c6ccccn6)nc(-c6ccccn6)c5)cc4)cc3)cc21. The molecular formula is C42H31N3. The molecule has 0 bridgehead atoms. The Morgan fingerprint density at radius 2 is 0.844 bits per heavy atom. The van der Waals surface area contributed by atoms with Gasteiger partial charge in [-0.15, -0.1) is 0 Å². The molecule has 0 atom stereocenters. The second-order valence-corrected chi connectivity index (χ2v) is 12.1. The molecular weight excluding hydrogens is 546 g/mol. The Kier molecular flexibility index (Phi) is 6.46. The van der Waals surface area contributed by atoms with Crippen molar-refractivity contribution in [3.63, 3.8) is 0 Å². The lowest BCUT2D eigenvalue weighted by Crippen LogP contribution is -2.14. The van der Waals surface area contributed by atoms with Gasteiger partial charge in [-0.25, -0.2) is 4.98 Å². The van der Waals surface area contributed by atoms with E-state index in [0.717, 1.165) is 33.9 Å². The first-order valence-corrected chi connectivity index (χ1v) is 15.4. The van der Waals surface area contributed by atoms with Gasteiger partial charge < -0.3 is 0 Å². The lowest BCUT2D eigenvalue weighted by Gasteiger charge is -2.22. The van der Waals surface area contributed by atoms with Gasteiger partial charge in [0.1, 0.15) is 0 Å². The second-order valence-electron chi connectivity index (χ2n) is 12.1. The van der Waals surface area contributed by atoms with Crippen LogP contribution in [0, 0.1) is 0 Å². The van der Waals surface area contributed by atoms with Crippen LogP contribution >= 0.6 is 0 Å². The zero-order valence-corrected chi connectivity index (χ0v) is 25.3. The van der Waals surface area contributed by atoms with Gasteiger partial charge in [-0.05, 0) is 98.1 Å². The fourth-order valence-electron chi connectivity index (χ4n) is 6.58. The summed E-state index contributed by atoms with van der Waals surface area (Å²) in [5.41, 5.74) is 15.9. The van der Waals surface area contributed by atoms with Crippen LogP contribution in [0.15, 0.2) is 152 Å². The van der Waals surface area contributed by atoms with Crippen LogP contribution in [-0.2, 0) is 5.41 Å². The Morgan fingerprint density at radius 1 is 0.378 bits per heavy atom. The summed E-state index contributed by atoms with van der Waals surface area (Å²) >= 11 is 0. The lowest BCUT2D eigenvalue weighted by molar-refractivity contribution is 0.660. The summed E-state index contributed by atoms with van der Waals surface area (Å²) in [6, 6.07) is 49.4. The lowest BCUT2D eigenvalue weighted by atomic mass is 9.81. The molecule has 3 heteroatoms. The van der Waals surface area contributed by atoms with E-state index in [1.165, 1.54) is 44.5 Å². The third kappa shape index (κ3) is 4.83. The molecule has 3 nitrogen and oxygen atoms in total. The number of aromatic nitrogens is 3. The van der Waals surface area contributed by atoms with Crippen molar-refractivity contribution in [2.45, 2.75) is 19.3 Å². The molecule has 3 heterocycles. The van der Waals surface area contributed by atoms with Crippen molar-refractivity contribution in [3.05, 3.63) is 163 Å². The number of benzene rings is 4. The molecule has 4 aromatic carbocycles.